The Morgan fingerprint density at radius 2 is 0.500 bits per heavy atom. The van der Waals surface area contributed by atoms with Gasteiger partial charge in [0, 0.05) is 0 Å². The molecule has 0 N–H and O–H groups in total. The first-order chi connectivity index (χ1) is 0. The zero-order chi connectivity index (χ0) is 0. The summed E-state index contributed by atoms with van der Waals surface area (Å²) in [6.07, 6.45) is 0. The Hall–Kier alpha value is 1.92. The molecule has 0 fully saturated rings. The Balaban J connectivity index is 0. The Morgan fingerprint density at radius 1 is 0.500 bits per heavy atom. The van der Waals surface area contributed by atoms with Crippen molar-refractivity contribution in [3.05, 3.63) is 0 Å². The average molecular weight is 253 g/mol. The van der Waals surface area contributed by atoms with Crippen molar-refractivity contribution in [2.45, 2.75) is 0 Å². The summed E-state index contributed by atoms with van der Waals surface area (Å²) in [6, 6.07) is 0. The smallest absolute Gasteiger partial charge is 1.00 e. The first-order valence-corrected chi connectivity index (χ1v) is 0. The van der Waals surface area contributed by atoms with Gasteiger partial charge in [0.05, 0.1) is 0 Å². The van der Waals surface area contributed by atoms with Crippen molar-refractivity contribution >= 4 is 17.4 Å². The second-order valence-corrected chi connectivity index (χ2v) is 0. The molecule has 0 radical (unpaired) electrons. The van der Waals surface area contributed by atoms with E-state index in [1.807, 2.05) is 0 Å². The number of hydrogen-bond acceptors (Lipinski definition) is 0. The molecule has 0 amide bonds. The van der Waals surface area contributed by atoms with Crippen LogP contribution in [0.3, 0.4) is 0 Å². The molecule has 0 aliphatic carbocycles. The van der Waals surface area contributed by atoms with Gasteiger partial charge < -0.3 is 23.5 Å². The third kappa shape index (κ3) is 103. The summed E-state index contributed by atoms with van der Waals surface area (Å²) in [4.78, 5) is 0. The van der Waals surface area contributed by atoms with Gasteiger partial charge in [-0.2, -0.15) is 0 Å². The average Bonchev–Trinajstić information content (AvgIpc) is 0. The first-order valence-electron chi connectivity index (χ1n) is 0. The zero-order valence-electron chi connectivity index (χ0n) is 3.77. The maximum atomic E-state index is 0. The molecule has 50 valence electrons. The molecule has 8 heavy (non-hydrogen) atoms. The molecule has 0 nitrogen and oxygen atoms in total. The molecule has 0 rings (SSSR count). The molecule has 0 bridgehead atoms. The van der Waals surface area contributed by atoms with Crippen molar-refractivity contribution in [1.82, 2.24) is 0 Å². The van der Waals surface area contributed by atoms with Crippen LogP contribution >= 0.6 is 0 Å². The molecule has 0 heterocycles. The summed E-state index contributed by atoms with van der Waals surface area (Å²) in [6.45, 7) is 0. The van der Waals surface area contributed by atoms with E-state index in [2.05, 4.69) is 0 Å². The third-order valence-electron chi connectivity index (χ3n) is 0. The van der Waals surface area contributed by atoms with Crippen LogP contribution in [0.15, 0.2) is 0 Å². The fourth-order valence-corrected chi connectivity index (χ4v) is 0. The van der Waals surface area contributed by atoms with E-state index in [-0.39, 0.29) is 92.8 Å². The molecule has 0 saturated carbocycles. The van der Waals surface area contributed by atoms with Crippen molar-refractivity contribution < 1.29 is 75.5 Å². The predicted molar refractivity (Wildman–Crippen MR) is 5.75 cm³/mol. The summed E-state index contributed by atoms with van der Waals surface area (Å²) in [5.41, 5.74) is 0. The standard InChI is InChI=1S/Ag.Al.5FH.Na/h;;5*1H;/q+1;+3;;;;;;+1/p-5. The van der Waals surface area contributed by atoms with Crippen molar-refractivity contribution in [1.29, 1.82) is 0 Å². The summed E-state index contributed by atoms with van der Waals surface area (Å²) in [5.74, 6) is 0. The second-order valence-electron chi connectivity index (χ2n) is 0. The van der Waals surface area contributed by atoms with E-state index in [4.69, 9.17) is 0 Å². The van der Waals surface area contributed by atoms with Gasteiger partial charge in [-0.1, -0.05) is 0 Å². The van der Waals surface area contributed by atoms with Gasteiger partial charge in [-0.15, -0.1) is 0 Å². The molecular weight excluding hydrogens is 253 g/mol. The molecule has 0 atom stereocenters. The molecule has 0 aromatic heterocycles. The molecular formula is AgAlF5Na. The van der Waals surface area contributed by atoms with Gasteiger partial charge >= 0.3 is 69.3 Å². The molecule has 0 saturated heterocycles. The quantitative estimate of drug-likeness (QED) is 0.297. The van der Waals surface area contributed by atoms with Crippen LogP contribution < -0.4 is 53.1 Å². The summed E-state index contributed by atoms with van der Waals surface area (Å²) in [7, 11) is 0. The van der Waals surface area contributed by atoms with E-state index >= 15 is 0 Å². The van der Waals surface area contributed by atoms with Crippen molar-refractivity contribution in [3.8, 4) is 0 Å². The van der Waals surface area contributed by atoms with E-state index in [1.165, 1.54) is 0 Å². The van der Waals surface area contributed by atoms with E-state index in [9.17, 15) is 0 Å². The third-order valence-corrected chi connectivity index (χ3v) is 0. The monoisotopic (exact) mass is 252 g/mol. The van der Waals surface area contributed by atoms with Crippen LogP contribution in [0.25, 0.3) is 0 Å². The Labute approximate surface area is 91.9 Å². The van der Waals surface area contributed by atoms with Gasteiger partial charge in [0.1, 0.15) is 0 Å². The van der Waals surface area contributed by atoms with E-state index < -0.39 is 0 Å². The van der Waals surface area contributed by atoms with Crippen LogP contribution in [-0.4, -0.2) is 17.4 Å². The van der Waals surface area contributed by atoms with Gasteiger partial charge in [-0.05, 0) is 0 Å². The molecule has 0 aromatic rings. The minimum Gasteiger partial charge on any atom is -1.00 e. The molecule has 0 aliphatic rings. The van der Waals surface area contributed by atoms with Gasteiger partial charge in [0.25, 0.3) is 0 Å². The van der Waals surface area contributed by atoms with Crippen LogP contribution in [0.5, 0.6) is 0 Å². The van der Waals surface area contributed by atoms with Crippen LogP contribution in [-0.2, 0) is 22.4 Å². The number of hydrogen-bond donors (Lipinski definition) is 0. The minimum absolute atomic E-state index is 0. The van der Waals surface area contributed by atoms with Gasteiger partial charge in [-0.25, -0.2) is 0 Å². The van der Waals surface area contributed by atoms with Crippen LogP contribution in [0.1, 0.15) is 0 Å². The Morgan fingerprint density at radius 3 is 0.500 bits per heavy atom. The summed E-state index contributed by atoms with van der Waals surface area (Å²) < 4.78 is 0. The summed E-state index contributed by atoms with van der Waals surface area (Å²) >= 11 is 0. The van der Waals surface area contributed by atoms with Crippen LogP contribution in [0, 0.1) is 0 Å². The van der Waals surface area contributed by atoms with E-state index in [1.54, 1.807) is 0 Å². The molecule has 0 aromatic carbocycles. The van der Waals surface area contributed by atoms with Gasteiger partial charge in [0.2, 0.25) is 0 Å². The number of halogens is 5. The summed E-state index contributed by atoms with van der Waals surface area (Å²) in [5, 5.41) is 0. The fourth-order valence-electron chi connectivity index (χ4n) is 0. The first kappa shape index (κ1) is 214. The van der Waals surface area contributed by atoms with Gasteiger partial charge in [0.15, 0.2) is 0 Å². The van der Waals surface area contributed by atoms with Crippen molar-refractivity contribution in [2.75, 3.05) is 0 Å². The van der Waals surface area contributed by atoms with Crippen LogP contribution in [0.4, 0.5) is 0 Å². The molecule has 8 heteroatoms. The van der Waals surface area contributed by atoms with Crippen molar-refractivity contribution in [3.63, 3.8) is 0 Å². The Kier molecular flexibility index (Phi) is 4050. The van der Waals surface area contributed by atoms with E-state index in [0.29, 0.717) is 0 Å². The van der Waals surface area contributed by atoms with Crippen LogP contribution in [0.2, 0.25) is 0 Å². The zero-order valence-corrected chi connectivity index (χ0v) is 8.41. The maximum absolute atomic E-state index is 0. The van der Waals surface area contributed by atoms with Gasteiger partial charge in [-0.3, -0.25) is 0 Å². The molecule has 0 spiro atoms. The minimum atomic E-state index is 0. The SMILES string of the molecule is [Ag+].[Al+3].[F-].[F-].[F-].[F-].[F-].[Na+]. The van der Waals surface area contributed by atoms with Crippen molar-refractivity contribution in [2.24, 2.45) is 0 Å². The second kappa shape index (κ2) is 151. The fraction of sp³-hybridized carbons (Fsp3) is 0. The normalized spacial score (nSPS) is 0. The molecule has 0 aliphatic heterocycles. The predicted octanol–water partition coefficient (Wildman–Crippen LogP) is -18.4. The molecule has 0 unspecified atom stereocenters. The number of rotatable bonds is 0. The van der Waals surface area contributed by atoms with E-state index in [0.717, 1.165) is 0 Å². The Bertz CT molecular complexity index is 12.4. The topological polar surface area (TPSA) is 0 Å². The largest absolute Gasteiger partial charge is 3.00 e. The maximum Gasteiger partial charge on any atom is 3.00 e.